The highest BCUT2D eigenvalue weighted by atomic mass is 79.9. The van der Waals surface area contributed by atoms with E-state index in [1.165, 1.54) is 24.3 Å². The van der Waals surface area contributed by atoms with E-state index in [0.717, 1.165) is 0 Å². The molecule has 2 rings (SSSR count). The lowest BCUT2D eigenvalue weighted by Crippen LogP contribution is -2.09. The minimum atomic E-state index is -0.550. The molecule has 0 unspecified atom stereocenters. The maximum Gasteiger partial charge on any atom is 0.165 e. The predicted octanol–water partition coefficient (Wildman–Crippen LogP) is 4.54. The molecule has 2 aromatic carbocycles. The van der Waals surface area contributed by atoms with Gasteiger partial charge in [0.1, 0.15) is 11.6 Å². The summed E-state index contributed by atoms with van der Waals surface area (Å²) in [7, 11) is 0. The van der Waals surface area contributed by atoms with E-state index >= 15 is 0 Å². The van der Waals surface area contributed by atoms with Crippen LogP contribution in [0.1, 0.15) is 18.5 Å². The smallest absolute Gasteiger partial charge is 0.165 e. The van der Waals surface area contributed by atoms with E-state index in [0.29, 0.717) is 4.47 Å². The molecule has 0 heterocycles. The third kappa shape index (κ3) is 3.11. The van der Waals surface area contributed by atoms with Gasteiger partial charge in [0.15, 0.2) is 11.6 Å². The summed E-state index contributed by atoms with van der Waals surface area (Å²) in [6.45, 7) is 1.64. The first kappa shape index (κ1) is 14.0. The summed E-state index contributed by atoms with van der Waals surface area (Å²) in [4.78, 5) is 0. The third-order valence-corrected chi connectivity index (χ3v) is 3.07. The van der Waals surface area contributed by atoms with Crippen LogP contribution in [0, 0.1) is 11.6 Å². The zero-order valence-corrected chi connectivity index (χ0v) is 11.7. The molecule has 0 aliphatic rings. The summed E-state index contributed by atoms with van der Waals surface area (Å²) >= 11 is 3.23. The fraction of sp³-hybridized carbons (Fsp3) is 0.143. The lowest BCUT2D eigenvalue weighted by molar-refractivity contribution is 0.428. The highest BCUT2D eigenvalue weighted by molar-refractivity contribution is 9.10. The van der Waals surface area contributed by atoms with Crippen molar-refractivity contribution in [2.45, 2.75) is 13.0 Å². The minimum Gasteiger partial charge on any atom is -0.454 e. The Labute approximate surface area is 118 Å². The molecule has 0 saturated heterocycles. The van der Waals surface area contributed by atoms with Crippen LogP contribution in [-0.4, -0.2) is 0 Å². The van der Waals surface area contributed by atoms with Crippen molar-refractivity contribution >= 4 is 15.9 Å². The summed E-state index contributed by atoms with van der Waals surface area (Å²) in [5.74, 6) is -0.764. The number of nitrogens with two attached hydrogens (primary N) is 1. The van der Waals surface area contributed by atoms with Crippen LogP contribution >= 0.6 is 15.9 Å². The van der Waals surface area contributed by atoms with Crippen molar-refractivity contribution in [2.75, 3.05) is 0 Å². The number of benzene rings is 2. The Bertz CT molecular complexity index is 602. The van der Waals surface area contributed by atoms with Gasteiger partial charge in [0.2, 0.25) is 0 Å². The monoisotopic (exact) mass is 327 g/mol. The fourth-order valence-electron chi connectivity index (χ4n) is 1.72. The first-order chi connectivity index (χ1) is 8.99. The Hall–Kier alpha value is -1.46. The van der Waals surface area contributed by atoms with Crippen LogP contribution in [0.25, 0.3) is 0 Å². The van der Waals surface area contributed by atoms with Gasteiger partial charge in [0, 0.05) is 16.1 Å². The van der Waals surface area contributed by atoms with Crippen molar-refractivity contribution in [2.24, 2.45) is 5.73 Å². The SMILES string of the molecule is C[C@@H](N)c1c(F)cccc1Oc1cc(Br)ccc1F. The summed E-state index contributed by atoms with van der Waals surface area (Å²) in [5.41, 5.74) is 5.94. The quantitative estimate of drug-likeness (QED) is 0.898. The summed E-state index contributed by atoms with van der Waals surface area (Å²) in [6.07, 6.45) is 0. The Morgan fingerprint density at radius 1 is 1.11 bits per heavy atom. The van der Waals surface area contributed by atoms with Gasteiger partial charge >= 0.3 is 0 Å². The van der Waals surface area contributed by atoms with Crippen LogP contribution in [0.3, 0.4) is 0 Å². The number of hydrogen-bond acceptors (Lipinski definition) is 2. The topological polar surface area (TPSA) is 35.2 Å². The molecule has 0 spiro atoms. The molecule has 0 fully saturated rings. The molecular formula is C14H12BrF2NO. The van der Waals surface area contributed by atoms with Crippen molar-refractivity contribution < 1.29 is 13.5 Å². The summed E-state index contributed by atoms with van der Waals surface area (Å²) < 4.78 is 33.4. The van der Waals surface area contributed by atoms with E-state index in [-0.39, 0.29) is 17.1 Å². The van der Waals surface area contributed by atoms with Crippen LogP contribution in [0.15, 0.2) is 40.9 Å². The van der Waals surface area contributed by atoms with Crippen LogP contribution in [0.2, 0.25) is 0 Å². The molecule has 5 heteroatoms. The van der Waals surface area contributed by atoms with Gasteiger partial charge in [0.25, 0.3) is 0 Å². The molecule has 1 atom stereocenters. The first-order valence-corrected chi connectivity index (χ1v) is 6.45. The zero-order valence-electron chi connectivity index (χ0n) is 10.2. The van der Waals surface area contributed by atoms with Crippen LogP contribution in [0.4, 0.5) is 8.78 Å². The Balaban J connectivity index is 2.44. The van der Waals surface area contributed by atoms with E-state index < -0.39 is 17.7 Å². The molecule has 0 amide bonds. The molecule has 19 heavy (non-hydrogen) atoms. The van der Waals surface area contributed by atoms with Gasteiger partial charge in [-0.3, -0.25) is 0 Å². The van der Waals surface area contributed by atoms with E-state index in [2.05, 4.69) is 15.9 Å². The van der Waals surface area contributed by atoms with Gasteiger partial charge in [-0.2, -0.15) is 0 Å². The van der Waals surface area contributed by atoms with E-state index in [1.807, 2.05) is 0 Å². The maximum atomic E-state index is 13.7. The molecule has 2 aromatic rings. The predicted molar refractivity (Wildman–Crippen MR) is 73.2 cm³/mol. The normalized spacial score (nSPS) is 12.3. The molecule has 0 bridgehead atoms. The largest absolute Gasteiger partial charge is 0.454 e. The van der Waals surface area contributed by atoms with Gasteiger partial charge < -0.3 is 10.5 Å². The molecular weight excluding hydrogens is 316 g/mol. The highest BCUT2D eigenvalue weighted by Gasteiger charge is 2.15. The zero-order chi connectivity index (χ0) is 14.0. The van der Waals surface area contributed by atoms with E-state index in [4.69, 9.17) is 10.5 Å². The Morgan fingerprint density at radius 3 is 2.53 bits per heavy atom. The second kappa shape index (κ2) is 5.67. The van der Waals surface area contributed by atoms with Crippen molar-refractivity contribution in [3.63, 3.8) is 0 Å². The van der Waals surface area contributed by atoms with Gasteiger partial charge in [-0.05, 0) is 37.3 Å². The molecule has 0 aliphatic heterocycles. The van der Waals surface area contributed by atoms with Crippen LogP contribution < -0.4 is 10.5 Å². The van der Waals surface area contributed by atoms with E-state index in [9.17, 15) is 8.78 Å². The first-order valence-electron chi connectivity index (χ1n) is 5.66. The Kier molecular flexibility index (Phi) is 4.17. The van der Waals surface area contributed by atoms with Crippen LogP contribution in [0.5, 0.6) is 11.5 Å². The van der Waals surface area contributed by atoms with Gasteiger partial charge in [-0.25, -0.2) is 8.78 Å². The highest BCUT2D eigenvalue weighted by Crippen LogP contribution is 2.33. The number of rotatable bonds is 3. The average Bonchev–Trinajstić information content (AvgIpc) is 2.33. The molecule has 100 valence electrons. The van der Waals surface area contributed by atoms with Crippen LogP contribution in [-0.2, 0) is 0 Å². The van der Waals surface area contributed by atoms with Crippen molar-refractivity contribution in [1.82, 2.24) is 0 Å². The maximum absolute atomic E-state index is 13.7. The molecule has 2 N–H and O–H groups in total. The van der Waals surface area contributed by atoms with E-state index in [1.54, 1.807) is 19.1 Å². The molecule has 2 nitrogen and oxygen atoms in total. The van der Waals surface area contributed by atoms with Gasteiger partial charge in [0.05, 0.1) is 0 Å². The second-order valence-corrected chi connectivity index (χ2v) is 5.03. The average molecular weight is 328 g/mol. The Morgan fingerprint density at radius 2 is 1.84 bits per heavy atom. The molecule has 0 radical (unpaired) electrons. The molecule has 0 aromatic heterocycles. The minimum absolute atomic E-state index is 0.0156. The summed E-state index contributed by atoms with van der Waals surface area (Å²) in [5, 5.41) is 0. The summed E-state index contributed by atoms with van der Waals surface area (Å²) in [6, 6.07) is 8.10. The van der Waals surface area contributed by atoms with Crippen molar-refractivity contribution in [3.05, 3.63) is 58.1 Å². The third-order valence-electron chi connectivity index (χ3n) is 2.58. The number of ether oxygens (including phenoxy) is 1. The molecule has 0 aliphatic carbocycles. The number of halogens is 3. The second-order valence-electron chi connectivity index (χ2n) is 4.12. The standard InChI is InChI=1S/C14H12BrF2NO/c1-8(18)14-11(17)3-2-4-12(14)19-13-7-9(15)5-6-10(13)16/h2-8H,18H2,1H3/t8-/m1/s1. The fourth-order valence-corrected chi connectivity index (χ4v) is 2.06. The van der Waals surface area contributed by atoms with Gasteiger partial charge in [-0.15, -0.1) is 0 Å². The van der Waals surface area contributed by atoms with Gasteiger partial charge in [-0.1, -0.05) is 22.0 Å². The molecule has 0 saturated carbocycles. The number of hydrogen-bond donors (Lipinski definition) is 1. The lowest BCUT2D eigenvalue weighted by atomic mass is 10.1. The van der Waals surface area contributed by atoms with Crippen molar-refractivity contribution in [3.8, 4) is 11.5 Å². The lowest BCUT2D eigenvalue weighted by Gasteiger charge is -2.15. The van der Waals surface area contributed by atoms with Crippen molar-refractivity contribution in [1.29, 1.82) is 0 Å².